The molecule has 0 saturated carbocycles. The smallest absolute Gasteiger partial charge is 0.0594 e. The molecule has 3 heteroatoms. The van der Waals surface area contributed by atoms with Crippen molar-refractivity contribution in [1.29, 1.82) is 0 Å². The zero-order chi connectivity index (χ0) is 16.8. The first kappa shape index (κ1) is 17.4. The molecule has 0 aromatic heterocycles. The number of rotatable bonds is 5. The van der Waals surface area contributed by atoms with E-state index in [-0.39, 0.29) is 0 Å². The van der Waals surface area contributed by atoms with E-state index in [1.54, 1.807) is 0 Å². The van der Waals surface area contributed by atoms with Crippen LogP contribution < -0.4 is 0 Å². The van der Waals surface area contributed by atoms with Crippen LogP contribution in [0.1, 0.15) is 24.9 Å². The van der Waals surface area contributed by atoms with E-state index in [4.69, 9.17) is 4.74 Å². The summed E-state index contributed by atoms with van der Waals surface area (Å²) in [6.45, 7) is 5.78. The van der Waals surface area contributed by atoms with E-state index in [2.05, 4.69) is 88.4 Å². The number of morpholine rings is 1. The normalized spacial score (nSPS) is 17.2. The van der Waals surface area contributed by atoms with Gasteiger partial charge in [-0.2, -0.15) is 0 Å². The molecule has 0 bridgehead atoms. The van der Waals surface area contributed by atoms with Crippen LogP contribution in [0.25, 0.3) is 11.1 Å². The Morgan fingerprint density at radius 1 is 1.00 bits per heavy atom. The number of hydrogen-bond acceptors (Lipinski definition) is 2. The lowest BCUT2D eigenvalue weighted by Gasteiger charge is -2.34. The zero-order valence-corrected chi connectivity index (χ0v) is 15.7. The molecule has 1 aliphatic heterocycles. The van der Waals surface area contributed by atoms with Crippen molar-refractivity contribution < 1.29 is 4.74 Å². The number of hydrogen-bond donors (Lipinski definition) is 0. The minimum absolute atomic E-state index is 0.434. The largest absolute Gasteiger partial charge is 0.379 e. The summed E-state index contributed by atoms with van der Waals surface area (Å²) in [6.07, 6.45) is 5.46. The molecule has 1 atom stereocenters. The molecular formula is C21H24BrNO. The van der Waals surface area contributed by atoms with Gasteiger partial charge in [-0.3, -0.25) is 4.90 Å². The molecule has 3 rings (SSSR count). The third-order valence-corrected chi connectivity index (χ3v) is 5.08. The number of ether oxygens (including phenoxy) is 1. The Kier molecular flexibility index (Phi) is 6.24. The summed E-state index contributed by atoms with van der Waals surface area (Å²) < 4.78 is 6.63. The Labute approximate surface area is 153 Å². The van der Waals surface area contributed by atoms with Crippen molar-refractivity contribution in [3.8, 4) is 11.1 Å². The highest BCUT2D eigenvalue weighted by atomic mass is 79.9. The van der Waals surface area contributed by atoms with Crippen molar-refractivity contribution in [2.75, 3.05) is 26.3 Å². The number of allylic oxidation sites excluding steroid dienone is 1. The van der Waals surface area contributed by atoms with E-state index in [0.29, 0.717) is 6.04 Å². The molecule has 0 amide bonds. The van der Waals surface area contributed by atoms with Crippen LogP contribution in [0.15, 0.2) is 65.2 Å². The Balaban J connectivity index is 1.81. The molecule has 1 unspecified atom stereocenters. The second kappa shape index (κ2) is 8.61. The van der Waals surface area contributed by atoms with Crippen molar-refractivity contribution in [2.24, 2.45) is 0 Å². The summed E-state index contributed by atoms with van der Waals surface area (Å²) in [6, 6.07) is 17.9. The highest BCUT2D eigenvalue weighted by molar-refractivity contribution is 9.10. The molecule has 1 aliphatic rings. The lowest BCUT2D eigenvalue weighted by atomic mass is 9.97. The molecule has 1 saturated heterocycles. The monoisotopic (exact) mass is 385 g/mol. The number of benzene rings is 2. The number of halogens is 1. The molecule has 0 spiro atoms. The van der Waals surface area contributed by atoms with Gasteiger partial charge in [0.2, 0.25) is 0 Å². The van der Waals surface area contributed by atoms with Gasteiger partial charge >= 0.3 is 0 Å². The van der Waals surface area contributed by atoms with Crippen LogP contribution in [0.4, 0.5) is 0 Å². The molecule has 2 aromatic rings. The molecule has 1 heterocycles. The second-order valence-electron chi connectivity index (χ2n) is 6.10. The van der Waals surface area contributed by atoms with Crippen LogP contribution in [0.5, 0.6) is 0 Å². The van der Waals surface area contributed by atoms with Crippen molar-refractivity contribution in [3.63, 3.8) is 0 Å². The molecule has 1 fully saturated rings. The van der Waals surface area contributed by atoms with Gasteiger partial charge in [-0.25, -0.2) is 0 Å². The second-order valence-corrected chi connectivity index (χ2v) is 7.01. The van der Waals surface area contributed by atoms with Crippen molar-refractivity contribution >= 4 is 15.9 Å². The van der Waals surface area contributed by atoms with E-state index in [1.165, 1.54) is 16.7 Å². The van der Waals surface area contributed by atoms with Gasteiger partial charge in [0.25, 0.3) is 0 Å². The van der Waals surface area contributed by atoms with Crippen LogP contribution in [0, 0.1) is 0 Å². The van der Waals surface area contributed by atoms with Gasteiger partial charge in [-0.05, 0) is 42.2 Å². The minimum Gasteiger partial charge on any atom is -0.379 e. The molecule has 24 heavy (non-hydrogen) atoms. The van der Waals surface area contributed by atoms with Gasteiger partial charge in [-0.15, -0.1) is 0 Å². The molecule has 2 nitrogen and oxygen atoms in total. The first-order valence-corrected chi connectivity index (χ1v) is 9.36. The summed E-state index contributed by atoms with van der Waals surface area (Å²) in [5, 5.41) is 0. The lowest BCUT2D eigenvalue weighted by Crippen LogP contribution is -2.38. The Bertz CT molecular complexity index is 657. The molecule has 2 aromatic carbocycles. The van der Waals surface area contributed by atoms with Gasteiger partial charge in [0.05, 0.1) is 13.2 Å². The summed E-state index contributed by atoms with van der Waals surface area (Å²) in [5.41, 5.74) is 3.90. The van der Waals surface area contributed by atoms with Gasteiger partial charge in [0, 0.05) is 23.6 Å². The third kappa shape index (κ3) is 4.35. The first-order chi connectivity index (χ1) is 11.8. The summed E-state index contributed by atoms with van der Waals surface area (Å²) in [5.74, 6) is 0. The highest BCUT2D eigenvalue weighted by Crippen LogP contribution is 2.29. The first-order valence-electron chi connectivity index (χ1n) is 8.57. The highest BCUT2D eigenvalue weighted by Gasteiger charge is 2.21. The standard InChI is InChI=1S/C21H24BrNO/c1-2-3-4-21(23-13-15-24-16-14-23)19-7-5-17(6-8-19)18-9-11-20(22)12-10-18/h2-3,5-12,21H,4,13-16H2,1H3. The fourth-order valence-corrected chi connectivity index (χ4v) is 3.45. The van der Waals surface area contributed by atoms with E-state index in [0.717, 1.165) is 37.2 Å². The quantitative estimate of drug-likeness (QED) is 0.633. The van der Waals surface area contributed by atoms with Crippen molar-refractivity contribution in [2.45, 2.75) is 19.4 Å². The molecule has 0 N–H and O–H groups in total. The minimum atomic E-state index is 0.434. The van der Waals surface area contributed by atoms with E-state index in [9.17, 15) is 0 Å². The summed E-state index contributed by atoms with van der Waals surface area (Å²) in [4.78, 5) is 2.54. The fraction of sp³-hybridized carbons (Fsp3) is 0.333. The predicted molar refractivity (Wildman–Crippen MR) is 104 cm³/mol. The average Bonchev–Trinajstić information content (AvgIpc) is 2.64. The van der Waals surface area contributed by atoms with Crippen LogP contribution in [0.3, 0.4) is 0 Å². The van der Waals surface area contributed by atoms with Gasteiger partial charge in [-0.1, -0.05) is 64.5 Å². The average molecular weight is 386 g/mol. The molecular weight excluding hydrogens is 362 g/mol. The Morgan fingerprint density at radius 3 is 2.17 bits per heavy atom. The molecule has 0 radical (unpaired) electrons. The van der Waals surface area contributed by atoms with Crippen molar-refractivity contribution in [1.82, 2.24) is 4.90 Å². The van der Waals surface area contributed by atoms with E-state index < -0.39 is 0 Å². The van der Waals surface area contributed by atoms with Gasteiger partial charge in [0.1, 0.15) is 0 Å². The van der Waals surface area contributed by atoms with Gasteiger partial charge in [0.15, 0.2) is 0 Å². The van der Waals surface area contributed by atoms with E-state index in [1.807, 2.05) is 0 Å². The van der Waals surface area contributed by atoms with Crippen molar-refractivity contribution in [3.05, 3.63) is 70.7 Å². The Hall–Kier alpha value is -1.42. The van der Waals surface area contributed by atoms with Gasteiger partial charge < -0.3 is 4.74 Å². The van der Waals surface area contributed by atoms with Crippen LogP contribution >= 0.6 is 15.9 Å². The Morgan fingerprint density at radius 2 is 1.58 bits per heavy atom. The lowest BCUT2D eigenvalue weighted by molar-refractivity contribution is 0.0166. The maximum Gasteiger partial charge on any atom is 0.0594 e. The number of nitrogens with zero attached hydrogens (tertiary/aromatic N) is 1. The van der Waals surface area contributed by atoms with Crippen LogP contribution in [0.2, 0.25) is 0 Å². The third-order valence-electron chi connectivity index (χ3n) is 4.55. The maximum absolute atomic E-state index is 5.51. The summed E-state index contributed by atoms with van der Waals surface area (Å²) in [7, 11) is 0. The topological polar surface area (TPSA) is 12.5 Å². The SMILES string of the molecule is CC=CCC(c1ccc(-c2ccc(Br)cc2)cc1)N1CCOCC1. The fourth-order valence-electron chi connectivity index (χ4n) is 3.19. The zero-order valence-electron chi connectivity index (χ0n) is 14.1. The van der Waals surface area contributed by atoms with Crippen LogP contribution in [-0.4, -0.2) is 31.2 Å². The summed E-state index contributed by atoms with van der Waals surface area (Å²) >= 11 is 3.49. The predicted octanol–water partition coefficient (Wildman–Crippen LogP) is 5.46. The van der Waals surface area contributed by atoms with E-state index >= 15 is 0 Å². The van der Waals surface area contributed by atoms with Crippen LogP contribution in [-0.2, 0) is 4.74 Å². The molecule has 0 aliphatic carbocycles. The molecule has 126 valence electrons. The maximum atomic E-state index is 5.51.